The Morgan fingerprint density at radius 2 is 0.800 bits per heavy atom. The van der Waals surface area contributed by atoms with Crippen molar-refractivity contribution in [2.75, 3.05) is 65.0 Å². The Morgan fingerprint density at radius 1 is 0.450 bits per heavy atom. The predicted octanol–water partition coefficient (Wildman–Crippen LogP) is 6.26. The summed E-state index contributed by atoms with van der Waals surface area (Å²) < 4.78 is 10.4. The van der Waals surface area contributed by atoms with Crippen LogP contribution in [0.3, 0.4) is 0 Å². The Kier molecular flexibility index (Phi) is 22.0. The highest BCUT2D eigenvalue weighted by Crippen LogP contribution is 2.19. The van der Waals surface area contributed by atoms with E-state index in [2.05, 4.69) is 45.5 Å². The van der Waals surface area contributed by atoms with Gasteiger partial charge in [-0.3, -0.25) is 0 Å². The van der Waals surface area contributed by atoms with Crippen molar-refractivity contribution in [3.63, 3.8) is 0 Å². The van der Waals surface area contributed by atoms with Crippen LogP contribution in [0.4, 0.5) is 0 Å². The smallest absolute Gasteiger partial charge is 0.118 e. The lowest BCUT2D eigenvalue weighted by Gasteiger charge is -2.07. The molecule has 2 aromatic carbocycles. The lowest BCUT2D eigenvalue weighted by atomic mass is 10.2. The van der Waals surface area contributed by atoms with E-state index < -0.39 is 0 Å². The van der Waals surface area contributed by atoms with Gasteiger partial charge in [-0.15, -0.1) is 0 Å². The molecule has 0 aliphatic heterocycles. The van der Waals surface area contributed by atoms with Crippen molar-refractivity contribution in [2.45, 2.75) is 64.5 Å². The van der Waals surface area contributed by atoms with Crippen molar-refractivity contribution in [1.82, 2.24) is 21.3 Å². The second-order valence-corrected chi connectivity index (χ2v) is 12.7. The molecule has 0 saturated heterocycles. The number of unbranched alkanes of at least 4 members (excludes halogenated alkanes) is 6. The monoisotopic (exact) mass is 590 g/mol. The quantitative estimate of drug-likeness (QED) is 0.0718. The van der Waals surface area contributed by atoms with E-state index >= 15 is 0 Å². The molecule has 0 unspecified atom stereocenters. The van der Waals surface area contributed by atoms with E-state index in [1.54, 1.807) is 14.2 Å². The summed E-state index contributed by atoms with van der Waals surface area (Å²) in [6.07, 6.45) is 10.3. The first kappa shape index (κ1) is 34.8. The zero-order chi connectivity index (χ0) is 28.4. The topological polar surface area (TPSA) is 66.6 Å². The van der Waals surface area contributed by atoms with Gasteiger partial charge in [0.05, 0.1) is 14.2 Å². The first-order valence-electron chi connectivity index (χ1n) is 15.1. The van der Waals surface area contributed by atoms with E-state index in [1.165, 1.54) is 74.0 Å². The third-order valence-electron chi connectivity index (χ3n) is 6.70. The molecule has 0 heterocycles. The van der Waals surface area contributed by atoms with Crippen LogP contribution in [-0.4, -0.2) is 65.0 Å². The number of methoxy groups -OCH3 is 2. The normalized spacial score (nSPS) is 11.2. The van der Waals surface area contributed by atoms with Crippen molar-refractivity contribution in [1.29, 1.82) is 0 Å². The Labute approximate surface area is 252 Å². The second-order valence-electron chi connectivity index (χ2n) is 10.0. The van der Waals surface area contributed by atoms with E-state index in [1.807, 2.05) is 45.9 Å². The molecule has 8 heteroatoms. The molecule has 0 saturated carbocycles. The third kappa shape index (κ3) is 18.8. The van der Waals surface area contributed by atoms with E-state index in [-0.39, 0.29) is 0 Å². The molecule has 0 bridgehead atoms. The molecular weight excluding hydrogens is 537 g/mol. The van der Waals surface area contributed by atoms with Crippen LogP contribution in [0.2, 0.25) is 0 Å². The van der Waals surface area contributed by atoms with Gasteiger partial charge in [0.2, 0.25) is 0 Å². The lowest BCUT2D eigenvalue weighted by Crippen LogP contribution is -2.19. The van der Waals surface area contributed by atoms with Gasteiger partial charge in [0.15, 0.2) is 0 Å². The average molecular weight is 591 g/mol. The molecule has 0 fully saturated rings. The van der Waals surface area contributed by atoms with Crippen LogP contribution in [0.15, 0.2) is 48.5 Å². The Bertz CT molecular complexity index is 755. The maximum absolute atomic E-state index is 5.20. The van der Waals surface area contributed by atoms with E-state index in [0.717, 1.165) is 63.9 Å². The Morgan fingerprint density at radius 3 is 1.15 bits per heavy atom. The van der Waals surface area contributed by atoms with Crippen LogP contribution in [-0.2, 0) is 13.1 Å². The molecule has 0 radical (unpaired) electrons. The highest BCUT2D eigenvalue weighted by molar-refractivity contribution is 8.76. The van der Waals surface area contributed by atoms with E-state index in [4.69, 9.17) is 9.47 Å². The summed E-state index contributed by atoms with van der Waals surface area (Å²) in [7, 11) is 7.40. The van der Waals surface area contributed by atoms with Crippen molar-refractivity contribution in [3.05, 3.63) is 59.7 Å². The fraction of sp³-hybridized carbons (Fsp3) is 0.625. The summed E-state index contributed by atoms with van der Waals surface area (Å²) >= 11 is 0. The maximum Gasteiger partial charge on any atom is 0.118 e. The number of benzene rings is 2. The molecule has 0 aromatic heterocycles. The van der Waals surface area contributed by atoms with E-state index in [0.29, 0.717) is 0 Å². The highest BCUT2D eigenvalue weighted by atomic mass is 33.1. The molecular formula is C32H54N4O2S2. The standard InChI is InChI=1S/C32H54N4O2S2/c1-37-31-15-11-29(12-16-31)27-35-21-9-5-3-7-19-33-23-25-39-40-26-24-34-20-8-4-6-10-22-36-28-30-13-17-32(38-2)18-14-30/h11-18,33-36H,3-10,19-28H2,1-2H3. The molecule has 226 valence electrons. The fourth-order valence-corrected chi connectivity index (χ4v) is 6.15. The first-order valence-corrected chi connectivity index (χ1v) is 17.6. The highest BCUT2D eigenvalue weighted by Gasteiger charge is 1.97. The molecule has 6 nitrogen and oxygen atoms in total. The largest absolute Gasteiger partial charge is 0.497 e. The number of hydrogen-bond acceptors (Lipinski definition) is 8. The van der Waals surface area contributed by atoms with Gasteiger partial charge in [0.1, 0.15) is 11.5 Å². The second kappa shape index (κ2) is 25.3. The van der Waals surface area contributed by atoms with Crippen LogP contribution in [0.5, 0.6) is 11.5 Å². The van der Waals surface area contributed by atoms with Gasteiger partial charge >= 0.3 is 0 Å². The predicted molar refractivity (Wildman–Crippen MR) is 177 cm³/mol. The molecule has 0 aliphatic rings. The summed E-state index contributed by atoms with van der Waals surface area (Å²) in [5.74, 6) is 4.21. The van der Waals surface area contributed by atoms with Crippen LogP contribution in [0.25, 0.3) is 0 Å². The van der Waals surface area contributed by atoms with Crippen molar-refractivity contribution in [3.8, 4) is 11.5 Å². The lowest BCUT2D eigenvalue weighted by molar-refractivity contribution is 0.414. The Balaban J connectivity index is 1.20. The van der Waals surface area contributed by atoms with Crippen LogP contribution in [0.1, 0.15) is 62.5 Å². The zero-order valence-corrected chi connectivity index (χ0v) is 26.6. The van der Waals surface area contributed by atoms with Gasteiger partial charge in [-0.1, -0.05) is 71.5 Å². The number of hydrogen-bond donors (Lipinski definition) is 4. The van der Waals surface area contributed by atoms with Gasteiger partial charge in [0, 0.05) is 37.7 Å². The molecule has 0 amide bonds. The molecule has 0 spiro atoms. The number of nitrogens with one attached hydrogen (secondary N) is 4. The van der Waals surface area contributed by atoms with Crippen molar-refractivity contribution < 1.29 is 9.47 Å². The number of rotatable bonds is 27. The molecule has 4 N–H and O–H groups in total. The third-order valence-corrected chi connectivity index (χ3v) is 9.11. The molecule has 2 rings (SSSR count). The fourth-order valence-electron chi connectivity index (χ4n) is 4.25. The first-order chi connectivity index (χ1) is 19.8. The van der Waals surface area contributed by atoms with Gasteiger partial charge in [-0.25, -0.2) is 0 Å². The van der Waals surface area contributed by atoms with Crippen molar-refractivity contribution in [2.24, 2.45) is 0 Å². The van der Waals surface area contributed by atoms with Crippen molar-refractivity contribution >= 4 is 21.6 Å². The Hall–Kier alpha value is -1.42. The zero-order valence-electron chi connectivity index (χ0n) is 25.0. The number of ether oxygens (including phenoxy) is 2. The van der Waals surface area contributed by atoms with Crippen LogP contribution < -0.4 is 30.7 Å². The summed E-state index contributed by atoms with van der Waals surface area (Å²) in [6.45, 7) is 8.56. The minimum Gasteiger partial charge on any atom is -0.497 e. The molecule has 2 aromatic rings. The van der Waals surface area contributed by atoms with Gasteiger partial charge in [-0.2, -0.15) is 0 Å². The maximum atomic E-state index is 5.20. The average Bonchev–Trinajstić information content (AvgIpc) is 3.00. The summed E-state index contributed by atoms with van der Waals surface area (Å²) in [5, 5.41) is 14.3. The summed E-state index contributed by atoms with van der Waals surface area (Å²) in [6, 6.07) is 16.6. The SMILES string of the molecule is COc1ccc(CNCCCCCCNCCSSCCNCCCCCCNCc2ccc(OC)cc2)cc1. The minimum absolute atomic E-state index is 0.918. The van der Waals surface area contributed by atoms with Crippen LogP contribution >= 0.6 is 21.6 Å². The van der Waals surface area contributed by atoms with Gasteiger partial charge < -0.3 is 30.7 Å². The van der Waals surface area contributed by atoms with E-state index in [9.17, 15) is 0 Å². The minimum atomic E-state index is 0.918. The van der Waals surface area contributed by atoms with Gasteiger partial charge in [-0.05, 0) is 87.3 Å². The van der Waals surface area contributed by atoms with Crippen LogP contribution in [0, 0.1) is 0 Å². The summed E-state index contributed by atoms with van der Waals surface area (Å²) in [4.78, 5) is 0. The summed E-state index contributed by atoms with van der Waals surface area (Å²) in [5.41, 5.74) is 2.62. The molecule has 0 aliphatic carbocycles. The van der Waals surface area contributed by atoms with Gasteiger partial charge in [0.25, 0.3) is 0 Å². The molecule has 0 atom stereocenters. The molecule has 40 heavy (non-hydrogen) atoms.